The van der Waals surface area contributed by atoms with E-state index < -0.39 is 0 Å². The third-order valence-electron chi connectivity index (χ3n) is 4.45. The maximum absolute atomic E-state index is 13.1. The molecule has 29 heavy (non-hydrogen) atoms. The smallest absolute Gasteiger partial charge is 0.258 e. The van der Waals surface area contributed by atoms with Gasteiger partial charge in [0, 0.05) is 18.0 Å². The fraction of sp³-hybridized carbons (Fsp3) is 0.143. The quantitative estimate of drug-likeness (QED) is 0.549. The van der Waals surface area contributed by atoms with Crippen LogP contribution in [0, 0.1) is 5.82 Å². The zero-order valence-electron chi connectivity index (χ0n) is 15.6. The summed E-state index contributed by atoms with van der Waals surface area (Å²) < 4.78 is 13.1. The van der Waals surface area contributed by atoms with Gasteiger partial charge in [0.05, 0.1) is 29.6 Å². The number of H-pyrrole nitrogens is 1. The molecule has 0 atom stereocenters. The average molecular weight is 408 g/mol. The highest BCUT2D eigenvalue weighted by molar-refractivity contribution is 7.13. The molecule has 0 unspecified atom stereocenters. The maximum Gasteiger partial charge on any atom is 0.258 e. The predicted molar refractivity (Wildman–Crippen MR) is 110 cm³/mol. The molecule has 0 bridgehead atoms. The lowest BCUT2D eigenvalue weighted by molar-refractivity contribution is -0.129. The maximum atomic E-state index is 13.1. The molecule has 4 rings (SSSR count). The number of aromatic amines is 1. The first-order valence-electron chi connectivity index (χ1n) is 8.92. The number of benzene rings is 2. The Balaban J connectivity index is 1.45. The van der Waals surface area contributed by atoms with Crippen molar-refractivity contribution >= 4 is 28.1 Å². The van der Waals surface area contributed by atoms with E-state index in [2.05, 4.69) is 15.0 Å². The van der Waals surface area contributed by atoms with Crippen LogP contribution in [-0.2, 0) is 17.8 Å². The Labute approximate surface area is 169 Å². The van der Waals surface area contributed by atoms with E-state index in [4.69, 9.17) is 0 Å². The standard InChI is InChI=1S/C21H17FN4O2S/c1-26(11-18-24-17-5-3-2-4-16(17)20(28)25-18)19(27)10-15-12-29-21(23-15)13-6-8-14(22)9-7-13/h2-9,12H,10-11H2,1H3,(H,24,25,28). The van der Waals surface area contributed by atoms with Gasteiger partial charge in [-0.1, -0.05) is 12.1 Å². The number of rotatable bonds is 5. The van der Waals surface area contributed by atoms with E-state index in [1.165, 1.54) is 28.4 Å². The number of carbonyl (C=O) groups excluding carboxylic acids is 1. The second-order valence-electron chi connectivity index (χ2n) is 6.61. The molecule has 0 aliphatic rings. The van der Waals surface area contributed by atoms with Gasteiger partial charge in [-0.15, -0.1) is 11.3 Å². The molecule has 146 valence electrons. The van der Waals surface area contributed by atoms with Gasteiger partial charge in [-0.05, 0) is 36.4 Å². The Bertz CT molecular complexity index is 1230. The summed E-state index contributed by atoms with van der Waals surface area (Å²) in [4.78, 5) is 37.9. The van der Waals surface area contributed by atoms with E-state index in [1.54, 1.807) is 37.4 Å². The molecule has 4 aromatic rings. The molecule has 0 saturated carbocycles. The molecule has 0 radical (unpaired) electrons. The zero-order valence-corrected chi connectivity index (χ0v) is 16.4. The van der Waals surface area contributed by atoms with Crippen LogP contribution in [0.15, 0.2) is 58.7 Å². The van der Waals surface area contributed by atoms with Crippen LogP contribution in [0.5, 0.6) is 0 Å². The van der Waals surface area contributed by atoms with Crippen LogP contribution in [-0.4, -0.2) is 32.8 Å². The molecule has 1 N–H and O–H groups in total. The highest BCUT2D eigenvalue weighted by atomic mass is 32.1. The molecule has 0 fully saturated rings. The molecule has 6 nitrogen and oxygen atoms in total. The van der Waals surface area contributed by atoms with Crippen molar-refractivity contribution < 1.29 is 9.18 Å². The normalized spacial score (nSPS) is 11.0. The monoisotopic (exact) mass is 408 g/mol. The summed E-state index contributed by atoms with van der Waals surface area (Å²) in [7, 11) is 1.66. The molecule has 0 saturated heterocycles. The Morgan fingerprint density at radius 1 is 1.14 bits per heavy atom. The first-order chi connectivity index (χ1) is 14.0. The number of amides is 1. The Kier molecular flexibility index (Phi) is 5.18. The van der Waals surface area contributed by atoms with Crippen LogP contribution in [0.25, 0.3) is 21.5 Å². The molecule has 8 heteroatoms. The summed E-state index contributed by atoms with van der Waals surface area (Å²) in [6.07, 6.45) is 0.131. The number of nitrogens with one attached hydrogen (secondary N) is 1. The Morgan fingerprint density at radius 3 is 2.69 bits per heavy atom. The van der Waals surface area contributed by atoms with Gasteiger partial charge >= 0.3 is 0 Å². The topological polar surface area (TPSA) is 79.0 Å². The van der Waals surface area contributed by atoms with Crippen molar-refractivity contribution in [2.45, 2.75) is 13.0 Å². The Hall–Kier alpha value is -3.39. The summed E-state index contributed by atoms with van der Waals surface area (Å²) in [6.45, 7) is 0.188. The van der Waals surface area contributed by atoms with Crippen molar-refractivity contribution in [3.63, 3.8) is 0 Å². The zero-order chi connectivity index (χ0) is 20.4. The van der Waals surface area contributed by atoms with E-state index in [9.17, 15) is 14.0 Å². The van der Waals surface area contributed by atoms with Gasteiger partial charge in [0.25, 0.3) is 5.56 Å². The first kappa shape index (κ1) is 18.9. The largest absolute Gasteiger partial charge is 0.338 e. The van der Waals surface area contributed by atoms with Crippen molar-refractivity contribution in [1.82, 2.24) is 19.9 Å². The Morgan fingerprint density at radius 2 is 1.90 bits per heavy atom. The molecule has 0 aliphatic carbocycles. The minimum atomic E-state index is -0.303. The summed E-state index contributed by atoms with van der Waals surface area (Å²) in [5, 5.41) is 3.07. The molecule has 2 aromatic carbocycles. The van der Waals surface area contributed by atoms with Crippen molar-refractivity contribution in [1.29, 1.82) is 0 Å². The number of hydrogen-bond acceptors (Lipinski definition) is 5. The van der Waals surface area contributed by atoms with Gasteiger partial charge in [-0.3, -0.25) is 9.59 Å². The fourth-order valence-corrected chi connectivity index (χ4v) is 3.75. The number of likely N-dealkylation sites (N-methyl/N-ethyl adjacent to an activating group) is 1. The van der Waals surface area contributed by atoms with E-state index in [0.717, 1.165) is 10.6 Å². The van der Waals surface area contributed by atoms with E-state index >= 15 is 0 Å². The second kappa shape index (κ2) is 7.92. The van der Waals surface area contributed by atoms with Gasteiger partial charge in [0.2, 0.25) is 5.91 Å². The van der Waals surface area contributed by atoms with Crippen LogP contribution in [0.2, 0.25) is 0 Å². The lowest BCUT2D eigenvalue weighted by atomic mass is 10.2. The van der Waals surface area contributed by atoms with Gasteiger partial charge in [-0.25, -0.2) is 14.4 Å². The van der Waals surface area contributed by atoms with Crippen LogP contribution >= 0.6 is 11.3 Å². The van der Waals surface area contributed by atoms with Crippen molar-refractivity contribution in [3.8, 4) is 10.6 Å². The number of halogens is 1. The first-order valence-corrected chi connectivity index (χ1v) is 9.80. The number of aromatic nitrogens is 3. The third kappa shape index (κ3) is 4.22. The highest BCUT2D eigenvalue weighted by Gasteiger charge is 2.15. The summed E-state index contributed by atoms with van der Waals surface area (Å²) in [5.41, 5.74) is 1.82. The lowest BCUT2D eigenvalue weighted by Crippen LogP contribution is -2.29. The lowest BCUT2D eigenvalue weighted by Gasteiger charge is -2.16. The molecule has 1 amide bonds. The molecule has 0 spiro atoms. The molecular formula is C21H17FN4O2S. The van der Waals surface area contributed by atoms with E-state index in [0.29, 0.717) is 22.4 Å². The minimum Gasteiger partial charge on any atom is -0.338 e. The molecule has 2 heterocycles. The number of para-hydroxylation sites is 1. The van der Waals surface area contributed by atoms with Crippen molar-refractivity contribution in [3.05, 3.63) is 81.6 Å². The average Bonchev–Trinajstić information content (AvgIpc) is 3.17. The molecule has 0 aliphatic heterocycles. The number of nitrogens with zero attached hydrogens (tertiary/aromatic N) is 3. The fourth-order valence-electron chi connectivity index (χ4n) is 2.93. The summed E-state index contributed by atoms with van der Waals surface area (Å²) in [5.74, 6) is -0.0192. The van der Waals surface area contributed by atoms with Crippen LogP contribution < -0.4 is 5.56 Å². The number of fused-ring (bicyclic) bond motifs is 1. The minimum absolute atomic E-state index is 0.131. The number of hydrogen-bond donors (Lipinski definition) is 1. The predicted octanol–water partition coefficient (Wildman–Crippen LogP) is 3.39. The van der Waals surface area contributed by atoms with Crippen molar-refractivity contribution in [2.75, 3.05) is 7.05 Å². The van der Waals surface area contributed by atoms with Gasteiger partial charge in [-0.2, -0.15) is 0 Å². The second-order valence-corrected chi connectivity index (χ2v) is 7.47. The number of thiazole rings is 1. The van der Waals surface area contributed by atoms with Gasteiger partial charge in [0.1, 0.15) is 16.6 Å². The SMILES string of the molecule is CN(Cc1nc2ccccc2c(=O)[nH]1)C(=O)Cc1csc(-c2ccc(F)cc2)n1. The third-order valence-corrected chi connectivity index (χ3v) is 5.39. The molecular weight excluding hydrogens is 391 g/mol. The van der Waals surface area contributed by atoms with Crippen LogP contribution in [0.3, 0.4) is 0 Å². The van der Waals surface area contributed by atoms with Gasteiger partial charge in [0.15, 0.2) is 0 Å². The van der Waals surface area contributed by atoms with Crippen molar-refractivity contribution in [2.24, 2.45) is 0 Å². The number of carbonyl (C=O) groups is 1. The van der Waals surface area contributed by atoms with Gasteiger partial charge < -0.3 is 9.88 Å². The van der Waals surface area contributed by atoms with Crippen LogP contribution in [0.4, 0.5) is 4.39 Å². The molecule has 2 aromatic heterocycles. The van der Waals surface area contributed by atoms with E-state index in [1.807, 2.05) is 11.4 Å². The highest BCUT2D eigenvalue weighted by Crippen LogP contribution is 2.24. The van der Waals surface area contributed by atoms with E-state index in [-0.39, 0.29) is 30.2 Å². The summed E-state index contributed by atoms with van der Waals surface area (Å²) >= 11 is 1.41. The summed E-state index contributed by atoms with van der Waals surface area (Å²) in [6, 6.07) is 13.2. The van der Waals surface area contributed by atoms with Crippen LogP contribution in [0.1, 0.15) is 11.5 Å².